The number of hydrogen-bond donors (Lipinski definition) is 2. The van der Waals surface area contributed by atoms with Crippen molar-refractivity contribution in [3.63, 3.8) is 0 Å². The zero-order valence-corrected chi connectivity index (χ0v) is 11.0. The molecule has 0 aliphatic carbocycles. The summed E-state index contributed by atoms with van der Waals surface area (Å²) in [5.74, 6) is -0.0672. The number of benzene rings is 1. The molecule has 3 rings (SSSR count). The Bertz CT molecular complexity index is 594. The van der Waals surface area contributed by atoms with Crippen molar-refractivity contribution in [3.05, 3.63) is 46.1 Å². The van der Waals surface area contributed by atoms with Gasteiger partial charge in [-0.2, -0.15) is 0 Å². The van der Waals surface area contributed by atoms with Crippen LogP contribution in [-0.2, 0) is 4.79 Å². The lowest BCUT2D eigenvalue weighted by Gasteiger charge is -2.25. The predicted octanol–water partition coefficient (Wildman–Crippen LogP) is 1.42. The Labute approximate surface area is 115 Å². The number of rotatable bonds is 1. The molecule has 0 saturated carbocycles. The second kappa shape index (κ2) is 4.28. The molecular weight excluding hydrogens is 266 g/mol. The van der Waals surface area contributed by atoms with Crippen molar-refractivity contribution in [2.45, 2.75) is 6.04 Å². The van der Waals surface area contributed by atoms with Gasteiger partial charge >= 0.3 is 6.03 Å². The Balaban J connectivity index is 2.04. The van der Waals surface area contributed by atoms with Gasteiger partial charge in [0.1, 0.15) is 0 Å². The third-order valence-electron chi connectivity index (χ3n) is 3.33. The number of amides is 3. The average Bonchev–Trinajstić information content (AvgIpc) is 2.65. The lowest BCUT2D eigenvalue weighted by Crippen LogP contribution is -2.44. The number of carbonyl (C=O) groups excluding carboxylic acids is 2. The van der Waals surface area contributed by atoms with Crippen LogP contribution in [0.15, 0.2) is 35.5 Å². The molecule has 0 spiro atoms. The van der Waals surface area contributed by atoms with Crippen molar-refractivity contribution in [2.24, 2.45) is 0 Å². The van der Waals surface area contributed by atoms with Crippen molar-refractivity contribution in [1.82, 2.24) is 15.5 Å². The number of nitrogens with zero attached hydrogens (tertiary/aromatic N) is 1. The highest BCUT2D eigenvalue weighted by atomic mass is 35.5. The molecule has 98 valence electrons. The molecular formula is C13H12ClN3O2. The third kappa shape index (κ3) is 1.96. The van der Waals surface area contributed by atoms with Crippen LogP contribution in [0, 0.1) is 0 Å². The molecule has 2 aliphatic rings. The quantitative estimate of drug-likeness (QED) is 0.815. The molecule has 19 heavy (non-hydrogen) atoms. The molecule has 2 N–H and O–H groups in total. The van der Waals surface area contributed by atoms with Crippen LogP contribution in [0.2, 0.25) is 5.02 Å². The van der Waals surface area contributed by atoms with Crippen LogP contribution in [0.3, 0.4) is 0 Å². The number of carbonyl (C=O) groups is 2. The molecule has 0 radical (unpaired) electrons. The minimum atomic E-state index is -0.418. The normalized spacial score (nSPS) is 22.2. The van der Waals surface area contributed by atoms with E-state index in [0.29, 0.717) is 22.8 Å². The molecule has 3 amide bonds. The van der Waals surface area contributed by atoms with Crippen LogP contribution in [0.5, 0.6) is 0 Å². The average molecular weight is 278 g/mol. The highest BCUT2D eigenvalue weighted by Crippen LogP contribution is 2.32. The van der Waals surface area contributed by atoms with Crippen LogP contribution < -0.4 is 10.6 Å². The first-order valence-corrected chi connectivity index (χ1v) is 6.25. The summed E-state index contributed by atoms with van der Waals surface area (Å²) < 4.78 is 0. The minimum Gasteiger partial charge on any atom is -0.336 e. The lowest BCUT2D eigenvalue weighted by atomic mass is 9.96. The van der Waals surface area contributed by atoms with E-state index in [0.717, 1.165) is 5.56 Å². The molecule has 0 aromatic heterocycles. The maximum absolute atomic E-state index is 12.1. The number of halogens is 1. The number of likely N-dealkylation sites (N-methyl/N-ethyl adjacent to an activating group) is 1. The van der Waals surface area contributed by atoms with E-state index in [9.17, 15) is 9.59 Å². The largest absolute Gasteiger partial charge is 0.336 e. The first-order valence-electron chi connectivity index (χ1n) is 5.88. The monoisotopic (exact) mass is 277 g/mol. The maximum Gasteiger partial charge on any atom is 0.319 e. The van der Waals surface area contributed by atoms with Crippen molar-refractivity contribution in [3.8, 4) is 0 Å². The van der Waals surface area contributed by atoms with Gasteiger partial charge in [-0.15, -0.1) is 0 Å². The summed E-state index contributed by atoms with van der Waals surface area (Å²) in [6.07, 6.45) is 0. The molecule has 1 aromatic carbocycles. The smallest absolute Gasteiger partial charge is 0.319 e. The highest BCUT2D eigenvalue weighted by molar-refractivity contribution is 6.30. The molecule has 1 aromatic rings. The first kappa shape index (κ1) is 12.0. The third-order valence-corrected chi connectivity index (χ3v) is 3.58. The Kier molecular flexibility index (Phi) is 2.71. The van der Waals surface area contributed by atoms with Gasteiger partial charge in [-0.05, 0) is 17.7 Å². The molecule has 2 aliphatic heterocycles. The van der Waals surface area contributed by atoms with E-state index in [2.05, 4.69) is 10.6 Å². The van der Waals surface area contributed by atoms with E-state index >= 15 is 0 Å². The SMILES string of the molecule is CN1CC2=C(C1=O)[C@@H](c1ccc(Cl)cc1)NC(=O)N2. The molecule has 1 atom stereocenters. The van der Waals surface area contributed by atoms with E-state index in [1.807, 2.05) is 12.1 Å². The Morgan fingerprint density at radius 1 is 1.26 bits per heavy atom. The molecule has 0 unspecified atom stereocenters. The number of hydrogen-bond acceptors (Lipinski definition) is 2. The van der Waals surface area contributed by atoms with E-state index in [1.54, 1.807) is 24.1 Å². The number of nitrogens with one attached hydrogen (secondary N) is 2. The summed E-state index contributed by atoms with van der Waals surface area (Å²) in [6, 6.07) is 6.41. The zero-order valence-electron chi connectivity index (χ0n) is 10.2. The van der Waals surface area contributed by atoms with Crippen LogP contribution >= 0.6 is 11.6 Å². The summed E-state index contributed by atoms with van der Waals surface area (Å²) >= 11 is 5.86. The van der Waals surface area contributed by atoms with Crippen molar-refractivity contribution < 1.29 is 9.59 Å². The molecule has 6 heteroatoms. The second-order valence-corrected chi connectivity index (χ2v) is 5.07. The topological polar surface area (TPSA) is 61.4 Å². The molecule has 0 bridgehead atoms. The Hall–Kier alpha value is -2.01. The van der Waals surface area contributed by atoms with Gasteiger partial charge in [0, 0.05) is 12.1 Å². The Morgan fingerprint density at radius 2 is 1.95 bits per heavy atom. The summed E-state index contributed by atoms with van der Waals surface area (Å²) in [5, 5.41) is 6.09. The first-order chi connectivity index (χ1) is 9.06. The standard InChI is InChI=1S/C13H12ClN3O2/c1-17-6-9-10(12(17)18)11(16-13(19)15-9)7-2-4-8(14)5-3-7/h2-5,11H,6H2,1H3,(H2,15,16,19)/t11-/m1/s1. The molecule has 0 fully saturated rings. The minimum absolute atomic E-state index is 0.0672. The van der Waals surface area contributed by atoms with Gasteiger partial charge in [-0.1, -0.05) is 23.7 Å². The number of urea groups is 1. The van der Waals surface area contributed by atoms with Gasteiger partial charge in [-0.25, -0.2) is 4.79 Å². The van der Waals surface area contributed by atoms with Gasteiger partial charge in [0.05, 0.1) is 23.9 Å². The summed E-state index contributed by atoms with van der Waals surface area (Å²) in [7, 11) is 1.71. The van der Waals surface area contributed by atoms with Gasteiger partial charge in [-0.3, -0.25) is 4.79 Å². The maximum atomic E-state index is 12.1. The van der Waals surface area contributed by atoms with Crippen LogP contribution in [0.25, 0.3) is 0 Å². The second-order valence-electron chi connectivity index (χ2n) is 4.64. The van der Waals surface area contributed by atoms with Crippen LogP contribution in [0.4, 0.5) is 4.79 Å². The van der Waals surface area contributed by atoms with Gasteiger partial charge in [0.2, 0.25) is 0 Å². The summed E-state index contributed by atoms with van der Waals surface area (Å²) in [6.45, 7) is 0.436. The highest BCUT2D eigenvalue weighted by Gasteiger charge is 2.38. The Morgan fingerprint density at radius 3 is 2.63 bits per heavy atom. The van der Waals surface area contributed by atoms with Crippen molar-refractivity contribution in [2.75, 3.05) is 13.6 Å². The fourth-order valence-electron chi connectivity index (χ4n) is 2.42. The lowest BCUT2D eigenvalue weighted by molar-refractivity contribution is -0.124. The van der Waals surface area contributed by atoms with E-state index in [4.69, 9.17) is 11.6 Å². The van der Waals surface area contributed by atoms with Crippen LogP contribution in [-0.4, -0.2) is 30.4 Å². The van der Waals surface area contributed by atoms with Gasteiger partial charge in [0.15, 0.2) is 0 Å². The fourth-order valence-corrected chi connectivity index (χ4v) is 2.54. The summed E-state index contributed by atoms with van der Waals surface area (Å²) in [4.78, 5) is 25.4. The van der Waals surface area contributed by atoms with Crippen molar-refractivity contribution >= 4 is 23.5 Å². The zero-order chi connectivity index (χ0) is 13.6. The predicted molar refractivity (Wildman–Crippen MR) is 70.5 cm³/mol. The van der Waals surface area contributed by atoms with Gasteiger partial charge in [0.25, 0.3) is 5.91 Å². The van der Waals surface area contributed by atoms with E-state index in [1.165, 1.54) is 0 Å². The molecule has 2 heterocycles. The van der Waals surface area contributed by atoms with E-state index in [-0.39, 0.29) is 11.9 Å². The van der Waals surface area contributed by atoms with Crippen LogP contribution in [0.1, 0.15) is 11.6 Å². The fraction of sp³-hybridized carbons (Fsp3) is 0.231. The summed E-state index contributed by atoms with van der Waals surface area (Å²) in [5.41, 5.74) is 2.12. The molecule has 5 nitrogen and oxygen atoms in total. The van der Waals surface area contributed by atoms with Crippen molar-refractivity contribution in [1.29, 1.82) is 0 Å². The van der Waals surface area contributed by atoms with Gasteiger partial charge < -0.3 is 15.5 Å². The van der Waals surface area contributed by atoms with E-state index < -0.39 is 6.04 Å². The molecule has 0 saturated heterocycles.